The third kappa shape index (κ3) is 0.878. The minimum atomic E-state index is 0.725. The second-order valence-electron chi connectivity index (χ2n) is 4.09. The van der Waals surface area contributed by atoms with Crippen molar-refractivity contribution in [2.45, 2.75) is 32.6 Å². The van der Waals surface area contributed by atoms with Crippen molar-refractivity contribution in [2.75, 3.05) is 13.1 Å². The summed E-state index contributed by atoms with van der Waals surface area (Å²) < 4.78 is 0. The third-order valence-electron chi connectivity index (χ3n) is 3.49. The van der Waals surface area contributed by atoms with Gasteiger partial charge in [0.2, 0.25) is 0 Å². The van der Waals surface area contributed by atoms with Gasteiger partial charge < -0.3 is 5.32 Å². The maximum atomic E-state index is 3.54. The van der Waals surface area contributed by atoms with E-state index in [1.165, 1.54) is 38.8 Å². The molecule has 58 valence electrons. The van der Waals surface area contributed by atoms with Crippen LogP contribution in [0.25, 0.3) is 0 Å². The van der Waals surface area contributed by atoms with Crippen LogP contribution in [0.1, 0.15) is 32.6 Å². The summed E-state index contributed by atoms with van der Waals surface area (Å²) >= 11 is 0. The molecule has 1 N–H and O–H groups in total. The topological polar surface area (TPSA) is 12.0 Å². The zero-order valence-electron chi connectivity index (χ0n) is 6.82. The first kappa shape index (κ1) is 6.66. The van der Waals surface area contributed by atoms with Gasteiger partial charge in [0.1, 0.15) is 0 Å². The van der Waals surface area contributed by atoms with Crippen LogP contribution in [-0.4, -0.2) is 13.1 Å². The van der Waals surface area contributed by atoms with Crippen molar-refractivity contribution in [3.63, 3.8) is 0 Å². The van der Waals surface area contributed by atoms with Gasteiger partial charge in [-0.25, -0.2) is 0 Å². The van der Waals surface area contributed by atoms with E-state index < -0.39 is 0 Å². The van der Waals surface area contributed by atoms with Crippen molar-refractivity contribution >= 4 is 0 Å². The monoisotopic (exact) mass is 139 g/mol. The summed E-state index contributed by atoms with van der Waals surface area (Å²) in [6.07, 6.45) is 5.87. The summed E-state index contributed by atoms with van der Waals surface area (Å²) in [5, 5.41) is 3.54. The average molecular weight is 139 g/mol. The van der Waals surface area contributed by atoms with Crippen molar-refractivity contribution in [2.24, 2.45) is 11.3 Å². The lowest BCUT2D eigenvalue weighted by Gasteiger charge is -2.32. The van der Waals surface area contributed by atoms with E-state index in [1.54, 1.807) is 0 Å². The quantitative estimate of drug-likeness (QED) is 0.584. The average Bonchev–Trinajstić information content (AvgIpc) is 2.29. The molecule has 0 aromatic rings. The molecular weight excluding hydrogens is 122 g/mol. The summed E-state index contributed by atoms with van der Waals surface area (Å²) in [6, 6.07) is 0. The molecular formula is C9H17N. The van der Waals surface area contributed by atoms with Crippen LogP contribution in [0.15, 0.2) is 0 Å². The molecule has 1 nitrogen and oxygen atoms in total. The standard InChI is InChI=1S/C9H17N/c1-2-9-4-3-8(5-9)6-10-7-9/h8,10H,2-7H2,1H3. The largest absolute Gasteiger partial charge is 0.316 e. The van der Waals surface area contributed by atoms with Crippen molar-refractivity contribution < 1.29 is 0 Å². The number of fused-ring (bicyclic) bond motifs is 2. The lowest BCUT2D eigenvalue weighted by molar-refractivity contribution is 0.222. The molecule has 0 aromatic carbocycles. The molecule has 1 saturated carbocycles. The maximum Gasteiger partial charge on any atom is 0.000793 e. The van der Waals surface area contributed by atoms with Crippen molar-refractivity contribution in [3.05, 3.63) is 0 Å². The highest BCUT2D eigenvalue weighted by atomic mass is 14.9. The Bertz CT molecular complexity index is 129. The number of rotatable bonds is 1. The zero-order valence-corrected chi connectivity index (χ0v) is 6.82. The van der Waals surface area contributed by atoms with Crippen LogP contribution in [0, 0.1) is 11.3 Å². The highest BCUT2D eigenvalue weighted by Gasteiger charge is 2.40. The molecule has 10 heavy (non-hydrogen) atoms. The first-order chi connectivity index (χ1) is 4.85. The lowest BCUT2D eigenvalue weighted by Crippen LogP contribution is -2.38. The van der Waals surface area contributed by atoms with Crippen molar-refractivity contribution in [1.29, 1.82) is 0 Å². The Kier molecular flexibility index (Phi) is 1.48. The molecule has 2 atom stereocenters. The Morgan fingerprint density at radius 2 is 2.50 bits per heavy atom. The van der Waals surface area contributed by atoms with Gasteiger partial charge in [-0.15, -0.1) is 0 Å². The van der Waals surface area contributed by atoms with Gasteiger partial charge in [-0.2, -0.15) is 0 Å². The Labute approximate surface area is 63.2 Å². The van der Waals surface area contributed by atoms with Crippen LogP contribution in [0.5, 0.6) is 0 Å². The molecule has 2 fully saturated rings. The molecule has 0 spiro atoms. The first-order valence-electron chi connectivity index (χ1n) is 4.55. The molecule has 1 heterocycles. The lowest BCUT2D eigenvalue weighted by atomic mass is 9.81. The Morgan fingerprint density at radius 1 is 1.60 bits per heavy atom. The van der Waals surface area contributed by atoms with E-state index in [2.05, 4.69) is 12.2 Å². The second kappa shape index (κ2) is 2.23. The fourth-order valence-corrected chi connectivity index (χ4v) is 2.65. The Balaban J connectivity index is 2.10. The Hall–Kier alpha value is -0.0400. The van der Waals surface area contributed by atoms with Crippen LogP contribution < -0.4 is 5.32 Å². The molecule has 1 saturated heterocycles. The molecule has 2 bridgehead atoms. The highest BCUT2D eigenvalue weighted by Crippen LogP contribution is 2.45. The van der Waals surface area contributed by atoms with E-state index in [-0.39, 0.29) is 0 Å². The van der Waals surface area contributed by atoms with E-state index in [9.17, 15) is 0 Å². The minimum absolute atomic E-state index is 0.725. The minimum Gasteiger partial charge on any atom is -0.316 e. The van der Waals surface area contributed by atoms with Crippen LogP contribution in [0.4, 0.5) is 0 Å². The zero-order chi connectivity index (χ0) is 7.03. The molecule has 0 aromatic heterocycles. The molecule has 0 amide bonds. The predicted octanol–water partition coefficient (Wildman–Crippen LogP) is 1.79. The van der Waals surface area contributed by atoms with Crippen molar-refractivity contribution in [3.8, 4) is 0 Å². The van der Waals surface area contributed by atoms with E-state index >= 15 is 0 Å². The van der Waals surface area contributed by atoms with Crippen molar-refractivity contribution in [1.82, 2.24) is 5.32 Å². The predicted molar refractivity (Wildman–Crippen MR) is 42.9 cm³/mol. The summed E-state index contributed by atoms with van der Waals surface area (Å²) in [5.74, 6) is 1.02. The summed E-state index contributed by atoms with van der Waals surface area (Å²) in [5.41, 5.74) is 0.725. The van der Waals surface area contributed by atoms with Gasteiger partial charge in [-0.1, -0.05) is 6.92 Å². The van der Waals surface area contributed by atoms with Gasteiger partial charge in [-0.05, 0) is 43.6 Å². The van der Waals surface area contributed by atoms with Gasteiger partial charge in [-0.3, -0.25) is 0 Å². The van der Waals surface area contributed by atoms with E-state index in [0.29, 0.717) is 0 Å². The van der Waals surface area contributed by atoms with E-state index in [4.69, 9.17) is 0 Å². The van der Waals surface area contributed by atoms with Gasteiger partial charge >= 0.3 is 0 Å². The molecule has 0 radical (unpaired) electrons. The summed E-state index contributed by atoms with van der Waals surface area (Å²) in [6.45, 7) is 4.93. The number of hydrogen-bond acceptors (Lipinski definition) is 1. The second-order valence-corrected chi connectivity index (χ2v) is 4.09. The van der Waals surface area contributed by atoms with E-state index in [0.717, 1.165) is 11.3 Å². The maximum absolute atomic E-state index is 3.54. The number of piperidine rings is 1. The van der Waals surface area contributed by atoms with Crippen LogP contribution in [-0.2, 0) is 0 Å². The molecule has 1 aliphatic heterocycles. The van der Waals surface area contributed by atoms with Crippen LogP contribution >= 0.6 is 0 Å². The van der Waals surface area contributed by atoms with Gasteiger partial charge in [0.15, 0.2) is 0 Å². The highest BCUT2D eigenvalue weighted by molar-refractivity contribution is 4.94. The summed E-state index contributed by atoms with van der Waals surface area (Å²) in [4.78, 5) is 0. The van der Waals surface area contributed by atoms with Crippen LogP contribution in [0.2, 0.25) is 0 Å². The number of nitrogens with one attached hydrogen (secondary N) is 1. The molecule has 2 aliphatic rings. The van der Waals surface area contributed by atoms with E-state index in [1.807, 2.05) is 0 Å². The SMILES string of the molecule is CCC12CCC(CNC1)C2. The van der Waals surface area contributed by atoms with Gasteiger partial charge in [0.05, 0.1) is 0 Å². The Morgan fingerprint density at radius 3 is 3.20 bits per heavy atom. The molecule has 1 aliphatic carbocycles. The van der Waals surface area contributed by atoms with Crippen LogP contribution in [0.3, 0.4) is 0 Å². The van der Waals surface area contributed by atoms with Gasteiger partial charge in [0, 0.05) is 6.54 Å². The fraction of sp³-hybridized carbons (Fsp3) is 1.00. The normalized spacial score (nSPS) is 45.9. The molecule has 1 heteroatoms. The molecule has 2 rings (SSSR count). The smallest absolute Gasteiger partial charge is 0.000793 e. The third-order valence-corrected chi connectivity index (χ3v) is 3.49. The first-order valence-corrected chi connectivity index (χ1v) is 4.55. The fourth-order valence-electron chi connectivity index (χ4n) is 2.65. The van der Waals surface area contributed by atoms with Gasteiger partial charge in [0.25, 0.3) is 0 Å². The summed E-state index contributed by atoms with van der Waals surface area (Å²) in [7, 11) is 0. The number of hydrogen-bond donors (Lipinski definition) is 1. The molecule has 2 unspecified atom stereocenters.